The molecule has 2 aromatic rings. The fraction of sp³-hybridized carbons (Fsp3) is 0.467. The maximum Gasteiger partial charge on any atom is 0.270 e. The number of carbonyl (C=O) groups is 2. The van der Waals surface area contributed by atoms with Crippen LogP contribution in [0.5, 0.6) is 0 Å². The van der Waals surface area contributed by atoms with Crippen molar-refractivity contribution in [2.75, 3.05) is 13.1 Å². The SMILES string of the molecule is CCCC(=O)N1Cc2ccnn2C(CNC(=O)c2cscn2)C1. The number of fused-ring (bicyclic) bond motifs is 1. The van der Waals surface area contributed by atoms with E-state index in [2.05, 4.69) is 15.4 Å². The average molecular weight is 333 g/mol. The van der Waals surface area contributed by atoms with Crippen molar-refractivity contribution in [1.29, 1.82) is 0 Å². The average Bonchev–Trinajstić information content (AvgIpc) is 3.23. The maximum atomic E-state index is 12.2. The number of carbonyl (C=O) groups excluding carboxylic acids is 2. The van der Waals surface area contributed by atoms with Gasteiger partial charge in [0.1, 0.15) is 5.69 Å². The molecule has 0 bridgehead atoms. The number of hydrogen-bond acceptors (Lipinski definition) is 5. The van der Waals surface area contributed by atoms with Gasteiger partial charge in [-0.05, 0) is 12.5 Å². The van der Waals surface area contributed by atoms with Gasteiger partial charge in [0.2, 0.25) is 5.91 Å². The molecule has 8 heteroatoms. The first-order valence-corrected chi connectivity index (χ1v) is 8.60. The van der Waals surface area contributed by atoms with Gasteiger partial charge < -0.3 is 10.2 Å². The first-order valence-electron chi connectivity index (χ1n) is 7.65. The predicted molar refractivity (Wildman–Crippen MR) is 86.0 cm³/mol. The van der Waals surface area contributed by atoms with E-state index in [4.69, 9.17) is 0 Å². The molecule has 0 aromatic carbocycles. The summed E-state index contributed by atoms with van der Waals surface area (Å²) in [5.41, 5.74) is 3.05. The standard InChI is InChI=1S/C15H19N5O2S/c1-2-3-14(21)19-7-11-4-5-18-20(11)12(8-19)6-16-15(22)13-9-23-10-17-13/h4-5,9-10,12H,2-3,6-8H2,1H3,(H,16,22). The first kappa shape index (κ1) is 15.7. The highest BCUT2D eigenvalue weighted by atomic mass is 32.1. The summed E-state index contributed by atoms with van der Waals surface area (Å²) in [4.78, 5) is 30.1. The van der Waals surface area contributed by atoms with Crippen LogP contribution in [0.4, 0.5) is 0 Å². The third-order valence-electron chi connectivity index (χ3n) is 3.86. The summed E-state index contributed by atoms with van der Waals surface area (Å²) >= 11 is 1.39. The molecule has 0 saturated carbocycles. The van der Waals surface area contributed by atoms with Crippen LogP contribution < -0.4 is 5.32 Å². The van der Waals surface area contributed by atoms with E-state index in [0.29, 0.717) is 31.7 Å². The molecule has 2 amide bonds. The molecule has 7 nitrogen and oxygen atoms in total. The lowest BCUT2D eigenvalue weighted by molar-refractivity contribution is -0.133. The molecule has 1 atom stereocenters. The lowest BCUT2D eigenvalue weighted by Crippen LogP contribution is -2.45. The van der Waals surface area contributed by atoms with E-state index in [1.807, 2.05) is 22.6 Å². The van der Waals surface area contributed by atoms with Gasteiger partial charge in [-0.1, -0.05) is 6.92 Å². The van der Waals surface area contributed by atoms with Crippen LogP contribution in [0.2, 0.25) is 0 Å². The van der Waals surface area contributed by atoms with Gasteiger partial charge in [0.05, 0.1) is 23.8 Å². The number of nitrogens with zero attached hydrogens (tertiary/aromatic N) is 4. The van der Waals surface area contributed by atoms with Crippen molar-refractivity contribution in [3.05, 3.63) is 34.5 Å². The Labute approximate surface area is 138 Å². The zero-order chi connectivity index (χ0) is 16.2. The Morgan fingerprint density at radius 3 is 3.09 bits per heavy atom. The topological polar surface area (TPSA) is 80.1 Å². The summed E-state index contributed by atoms with van der Waals surface area (Å²) < 4.78 is 1.90. The van der Waals surface area contributed by atoms with Crippen LogP contribution in [-0.4, -0.2) is 44.6 Å². The molecule has 0 saturated heterocycles. The summed E-state index contributed by atoms with van der Waals surface area (Å²) in [5, 5.41) is 8.93. The summed E-state index contributed by atoms with van der Waals surface area (Å²) in [7, 11) is 0. The second-order valence-corrected chi connectivity index (χ2v) is 6.25. The van der Waals surface area contributed by atoms with Gasteiger partial charge >= 0.3 is 0 Å². The van der Waals surface area contributed by atoms with E-state index in [1.54, 1.807) is 17.1 Å². The van der Waals surface area contributed by atoms with Crippen molar-refractivity contribution < 1.29 is 9.59 Å². The molecule has 3 rings (SSSR count). The van der Waals surface area contributed by atoms with Crippen molar-refractivity contribution in [2.45, 2.75) is 32.4 Å². The second kappa shape index (κ2) is 6.91. The number of rotatable bonds is 5. The minimum absolute atomic E-state index is 0.0582. The van der Waals surface area contributed by atoms with E-state index in [-0.39, 0.29) is 17.9 Å². The Morgan fingerprint density at radius 2 is 2.35 bits per heavy atom. The summed E-state index contributed by atoms with van der Waals surface area (Å²) in [5.74, 6) is -0.0484. The van der Waals surface area contributed by atoms with Crippen molar-refractivity contribution >= 4 is 23.2 Å². The van der Waals surface area contributed by atoms with Gasteiger partial charge in [0, 0.05) is 31.1 Å². The quantitative estimate of drug-likeness (QED) is 0.898. The highest BCUT2D eigenvalue weighted by Gasteiger charge is 2.28. The molecule has 0 fully saturated rings. The normalized spacial score (nSPS) is 16.9. The summed E-state index contributed by atoms with van der Waals surface area (Å²) in [6.07, 6.45) is 3.12. The molecular formula is C15H19N5O2S. The summed E-state index contributed by atoms with van der Waals surface area (Å²) in [6, 6.07) is 1.86. The highest BCUT2D eigenvalue weighted by molar-refractivity contribution is 7.07. The van der Waals surface area contributed by atoms with Gasteiger partial charge in [-0.25, -0.2) is 4.98 Å². The van der Waals surface area contributed by atoms with Crippen molar-refractivity contribution in [1.82, 2.24) is 25.0 Å². The molecule has 2 aromatic heterocycles. The fourth-order valence-corrected chi connectivity index (χ4v) is 3.26. The van der Waals surface area contributed by atoms with E-state index < -0.39 is 0 Å². The second-order valence-electron chi connectivity index (χ2n) is 5.53. The molecule has 0 aliphatic carbocycles. The van der Waals surface area contributed by atoms with Crippen LogP contribution in [0, 0.1) is 0 Å². The molecule has 0 spiro atoms. The molecule has 0 radical (unpaired) electrons. The Kier molecular flexibility index (Phi) is 4.71. The van der Waals surface area contributed by atoms with Gasteiger partial charge in [-0.15, -0.1) is 11.3 Å². The largest absolute Gasteiger partial charge is 0.348 e. The highest BCUT2D eigenvalue weighted by Crippen LogP contribution is 2.20. The molecular weight excluding hydrogens is 314 g/mol. The number of amides is 2. The van der Waals surface area contributed by atoms with E-state index in [0.717, 1.165) is 12.1 Å². The molecule has 1 N–H and O–H groups in total. The molecule has 1 unspecified atom stereocenters. The Hall–Kier alpha value is -2.22. The van der Waals surface area contributed by atoms with E-state index in [1.165, 1.54) is 11.3 Å². The molecule has 23 heavy (non-hydrogen) atoms. The Morgan fingerprint density at radius 1 is 1.48 bits per heavy atom. The Balaban J connectivity index is 1.68. The van der Waals surface area contributed by atoms with Crippen molar-refractivity contribution in [3.63, 3.8) is 0 Å². The molecule has 3 heterocycles. The number of thiazole rings is 1. The first-order chi connectivity index (χ1) is 11.2. The van der Waals surface area contributed by atoms with Crippen molar-refractivity contribution in [3.8, 4) is 0 Å². The number of nitrogens with one attached hydrogen (secondary N) is 1. The Bertz CT molecular complexity index is 682. The minimum atomic E-state index is -0.197. The zero-order valence-corrected chi connectivity index (χ0v) is 13.8. The van der Waals surface area contributed by atoms with Gasteiger partial charge in [0.15, 0.2) is 0 Å². The molecule has 122 valence electrons. The van der Waals surface area contributed by atoms with Crippen molar-refractivity contribution in [2.24, 2.45) is 0 Å². The third-order valence-corrected chi connectivity index (χ3v) is 4.45. The van der Waals surface area contributed by atoms with Crippen LogP contribution in [0.25, 0.3) is 0 Å². The van der Waals surface area contributed by atoms with Gasteiger partial charge in [0.25, 0.3) is 5.91 Å². The van der Waals surface area contributed by atoms with E-state index >= 15 is 0 Å². The number of aromatic nitrogens is 3. The van der Waals surface area contributed by atoms with Crippen LogP contribution in [0.3, 0.4) is 0 Å². The lowest BCUT2D eigenvalue weighted by atomic mass is 10.1. The zero-order valence-electron chi connectivity index (χ0n) is 12.9. The van der Waals surface area contributed by atoms with Crippen LogP contribution in [-0.2, 0) is 11.3 Å². The molecule has 1 aliphatic rings. The fourth-order valence-electron chi connectivity index (χ4n) is 2.73. The molecule has 1 aliphatic heterocycles. The predicted octanol–water partition coefficient (Wildman–Crippen LogP) is 1.45. The smallest absolute Gasteiger partial charge is 0.270 e. The van der Waals surface area contributed by atoms with Crippen LogP contribution in [0.15, 0.2) is 23.2 Å². The summed E-state index contributed by atoms with van der Waals surface area (Å²) in [6.45, 7) is 3.55. The van der Waals surface area contributed by atoms with Gasteiger partial charge in [-0.3, -0.25) is 14.3 Å². The van der Waals surface area contributed by atoms with Crippen LogP contribution in [0.1, 0.15) is 42.0 Å². The van der Waals surface area contributed by atoms with Crippen LogP contribution >= 0.6 is 11.3 Å². The minimum Gasteiger partial charge on any atom is -0.348 e. The third kappa shape index (κ3) is 3.42. The lowest BCUT2D eigenvalue weighted by Gasteiger charge is -2.34. The maximum absolute atomic E-state index is 12.2. The van der Waals surface area contributed by atoms with E-state index in [9.17, 15) is 9.59 Å². The number of hydrogen-bond donors (Lipinski definition) is 1. The van der Waals surface area contributed by atoms with Gasteiger partial charge in [-0.2, -0.15) is 5.10 Å². The monoisotopic (exact) mass is 333 g/mol.